The van der Waals surface area contributed by atoms with E-state index in [0.717, 1.165) is 54.0 Å². The van der Waals surface area contributed by atoms with Gasteiger partial charge in [-0.05, 0) is 42.3 Å². The molecule has 0 amide bonds. The van der Waals surface area contributed by atoms with E-state index in [1.165, 1.54) is 0 Å². The van der Waals surface area contributed by atoms with Gasteiger partial charge in [0.05, 0.1) is 5.52 Å². The molecule has 0 bridgehead atoms. The van der Waals surface area contributed by atoms with Crippen molar-refractivity contribution in [3.8, 4) is 11.4 Å². The predicted molar refractivity (Wildman–Crippen MR) is 94.9 cm³/mol. The summed E-state index contributed by atoms with van der Waals surface area (Å²) in [4.78, 5) is 11.9. The average Bonchev–Trinajstić information content (AvgIpc) is 3.15. The summed E-state index contributed by atoms with van der Waals surface area (Å²) in [6, 6.07) is 10.2. The maximum absolute atomic E-state index is 9.52. The molecule has 4 rings (SSSR count). The lowest BCUT2D eigenvalue weighted by atomic mass is 9.99. The summed E-state index contributed by atoms with van der Waals surface area (Å²) in [7, 11) is 0. The van der Waals surface area contributed by atoms with Crippen LogP contribution in [0, 0.1) is 5.92 Å². The minimum atomic E-state index is 0.247. The zero-order chi connectivity index (χ0) is 15.6. The highest BCUT2D eigenvalue weighted by Gasteiger charge is 2.22. The highest BCUT2D eigenvalue weighted by Crippen LogP contribution is 2.30. The van der Waals surface area contributed by atoms with E-state index in [2.05, 4.69) is 27.8 Å². The number of benzene rings is 1. The summed E-state index contributed by atoms with van der Waals surface area (Å²) in [5.41, 5.74) is 2.04. The maximum Gasteiger partial charge on any atom is 0.162 e. The van der Waals surface area contributed by atoms with Crippen LogP contribution in [0.25, 0.3) is 22.3 Å². The van der Waals surface area contributed by atoms with Gasteiger partial charge in [0.25, 0.3) is 0 Å². The van der Waals surface area contributed by atoms with E-state index >= 15 is 0 Å². The van der Waals surface area contributed by atoms with E-state index in [1.54, 1.807) is 11.3 Å². The van der Waals surface area contributed by atoms with E-state index in [9.17, 15) is 5.11 Å². The number of aliphatic hydroxyl groups excluding tert-OH is 1. The lowest BCUT2D eigenvalue weighted by Crippen LogP contribution is -2.37. The molecule has 1 saturated heterocycles. The van der Waals surface area contributed by atoms with Crippen LogP contribution >= 0.6 is 11.3 Å². The third-order valence-corrected chi connectivity index (χ3v) is 5.12. The molecule has 1 aliphatic heterocycles. The Balaban J connectivity index is 1.83. The standard InChI is InChI=1S/C18H19N3OS/c22-11-13-4-3-8-21(10-13)18-15-5-1-2-6-16(15)19-17(20-18)14-7-9-23-12-14/h1-2,5-7,9,12-13,22H,3-4,8,10-11H2/t13-/m0/s1. The number of aromatic nitrogens is 2. The molecule has 1 atom stereocenters. The number of hydrogen-bond acceptors (Lipinski definition) is 5. The molecule has 1 fully saturated rings. The highest BCUT2D eigenvalue weighted by molar-refractivity contribution is 7.08. The molecule has 4 nitrogen and oxygen atoms in total. The van der Waals surface area contributed by atoms with Gasteiger partial charge in [0, 0.05) is 36.0 Å². The second kappa shape index (κ2) is 6.26. The van der Waals surface area contributed by atoms with Gasteiger partial charge >= 0.3 is 0 Å². The zero-order valence-corrected chi connectivity index (χ0v) is 13.7. The van der Waals surface area contributed by atoms with Gasteiger partial charge in [-0.3, -0.25) is 0 Å². The number of hydrogen-bond donors (Lipinski definition) is 1. The molecule has 1 aromatic carbocycles. The second-order valence-corrected chi connectivity index (χ2v) is 6.82. The van der Waals surface area contributed by atoms with Crippen molar-refractivity contribution in [1.29, 1.82) is 0 Å². The van der Waals surface area contributed by atoms with E-state index in [1.807, 2.05) is 18.2 Å². The van der Waals surface area contributed by atoms with Crippen LogP contribution in [0.5, 0.6) is 0 Å². The molecule has 0 spiro atoms. The largest absolute Gasteiger partial charge is 0.396 e. The summed E-state index contributed by atoms with van der Waals surface area (Å²) in [6.45, 7) is 2.10. The van der Waals surface area contributed by atoms with Crippen LogP contribution in [0.1, 0.15) is 12.8 Å². The SMILES string of the molecule is OC[C@H]1CCCN(c2nc(-c3ccsc3)nc3ccccc23)C1. The summed E-state index contributed by atoms with van der Waals surface area (Å²) < 4.78 is 0. The molecule has 23 heavy (non-hydrogen) atoms. The topological polar surface area (TPSA) is 49.2 Å². The fourth-order valence-corrected chi connectivity index (χ4v) is 3.86. The van der Waals surface area contributed by atoms with Crippen molar-refractivity contribution in [2.45, 2.75) is 12.8 Å². The molecule has 5 heteroatoms. The minimum Gasteiger partial charge on any atom is -0.396 e. The number of aliphatic hydroxyl groups is 1. The summed E-state index contributed by atoms with van der Waals surface area (Å²) in [5.74, 6) is 2.11. The van der Waals surface area contributed by atoms with Crippen LogP contribution in [-0.2, 0) is 0 Å². The molecule has 118 valence electrons. The van der Waals surface area contributed by atoms with Crippen molar-refractivity contribution in [2.24, 2.45) is 5.92 Å². The number of piperidine rings is 1. The monoisotopic (exact) mass is 325 g/mol. The molecule has 0 unspecified atom stereocenters. The van der Waals surface area contributed by atoms with Crippen molar-refractivity contribution >= 4 is 28.1 Å². The first-order valence-corrected chi connectivity index (χ1v) is 8.94. The number of anilines is 1. The van der Waals surface area contributed by atoms with Gasteiger partial charge in [-0.25, -0.2) is 9.97 Å². The van der Waals surface area contributed by atoms with Crippen LogP contribution in [0.3, 0.4) is 0 Å². The van der Waals surface area contributed by atoms with E-state index in [-0.39, 0.29) is 6.61 Å². The summed E-state index contributed by atoms with van der Waals surface area (Å²) >= 11 is 1.66. The van der Waals surface area contributed by atoms with E-state index in [0.29, 0.717) is 5.92 Å². The summed E-state index contributed by atoms with van der Waals surface area (Å²) in [6.07, 6.45) is 2.19. The Morgan fingerprint density at radius 2 is 2.13 bits per heavy atom. The second-order valence-electron chi connectivity index (χ2n) is 6.04. The number of para-hydroxylation sites is 1. The van der Waals surface area contributed by atoms with Crippen LogP contribution in [-0.4, -0.2) is 34.8 Å². The average molecular weight is 325 g/mol. The molecular weight excluding hydrogens is 306 g/mol. The van der Waals surface area contributed by atoms with Gasteiger partial charge in [0.15, 0.2) is 5.82 Å². The first-order chi connectivity index (χ1) is 11.3. The Hall–Kier alpha value is -1.98. The Morgan fingerprint density at radius 3 is 2.96 bits per heavy atom. The van der Waals surface area contributed by atoms with Gasteiger partial charge in [-0.15, -0.1) is 0 Å². The third kappa shape index (κ3) is 2.82. The third-order valence-electron chi connectivity index (χ3n) is 4.44. The molecule has 1 N–H and O–H groups in total. The lowest BCUT2D eigenvalue weighted by Gasteiger charge is -2.33. The van der Waals surface area contributed by atoms with E-state index < -0.39 is 0 Å². The quantitative estimate of drug-likeness (QED) is 0.800. The zero-order valence-electron chi connectivity index (χ0n) is 12.9. The number of fused-ring (bicyclic) bond motifs is 1. The van der Waals surface area contributed by atoms with Gasteiger partial charge in [-0.1, -0.05) is 12.1 Å². The number of rotatable bonds is 3. The van der Waals surface area contributed by atoms with Crippen molar-refractivity contribution in [3.63, 3.8) is 0 Å². The van der Waals surface area contributed by atoms with Crippen molar-refractivity contribution in [2.75, 3.05) is 24.6 Å². The molecule has 2 aromatic heterocycles. The van der Waals surface area contributed by atoms with Gasteiger partial charge in [0.1, 0.15) is 5.82 Å². The van der Waals surface area contributed by atoms with Gasteiger partial charge in [0.2, 0.25) is 0 Å². The maximum atomic E-state index is 9.52. The van der Waals surface area contributed by atoms with Crippen LogP contribution in [0.2, 0.25) is 0 Å². The van der Waals surface area contributed by atoms with Crippen molar-refractivity contribution in [3.05, 3.63) is 41.1 Å². The number of nitrogens with zero attached hydrogens (tertiary/aromatic N) is 3. The molecular formula is C18H19N3OS. The van der Waals surface area contributed by atoms with E-state index in [4.69, 9.17) is 9.97 Å². The van der Waals surface area contributed by atoms with Gasteiger partial charge in [-0.2, -0.15) is 11.3 Å². The van der Waals surface area contributed by atoms with Gasteiger partial charge < -0.3 is 10.0 Å². The first-order valence-electron chi connectivity index (χ1n) is 8.00. The Kier molecular flexibility index (Phi) is 3.97. The molecule has 0 aliphatic carbocycles. The lowest BCUT2D eigenvalue weighted by molar-refractivity contribution is 0.208. The minimum absolute atomic E-state index is 0.247. The molecule has 3 aromatic rings. The summed E-state index contributed by atoms with van der Waals surface area (Å²) in [5, 5.41) is 14.7. The van der Waals surface area contributed by atoms with Crippen LogP contribution in [0.15, 0.2) is 41.1 Å². The van der Waals surface area contributed by atoms with Crippen molar-refractivity contribution < 1.29 is 5.11 Å². The Labute approximate surface area is 139 Å². The predicted octanol–water partition coefficient (Wildman–Crippen LogP) is 3.57. The Morgan fingerprint density at radius 1 is 1.22 bits per heavy atom. The highest BCUT2D eigenvalue weighted by atomic mass is 32.1. The smallest absolute Gasteiger partial charge is 0.162 e. The molecule has 3 heterocycles. The van der Waals surface area contributed by atoms with Crippen LogP contribution < -0.4 is 4.90 Å². The Bertz CT molecular complexity index is 803. The van der Waals surface area contributed by atoms with Crippen LogP contribution in [0.4, 0.5) is 5.82 Å². The first kappa shape index (κ1) is 14.6. The molecule has 0 saturated carbocycles. The fraction of sp³-hybridized carbons (Fsp3) is 0.333. The molecule has 1 aliphatic rings. The fourth-order valence-electron chi connectivity index (χ4n) is 3.23. The normalized spacial score (nSPS) is 18.5. The number of thiophene rings is 1. The molecule has 0 radical (unpaired) electrons. The van der Waals surface area contributed by atoms with Crippen molar-refractivity contribution in [1.82, 2.24) is 9.97 Å².